The Kier molecular flexibility index (Phi) is 3.60. The molecule has 0 bridgehead atoms. The summed E-state index contributed by atoms with van der Waals surface area (Å²) in [6, 6.07) is 2.33. The molecule has 0 radical (unpaired) electrons. The Morgan fingerprint density at radius 2 is 2.06 bits per heavy atom. The Balaban J connectivity index is 2.14. The standard InChI is InChI=1S/C11H10F2IN3/c1-17-6-15-4-7(17)5-16-11-3-9(13)8(12)2-10(11)14/h2-4,6,16H,5H2,1H3. The van der Waals surface area contributed by atoms with Crippen molar-refractivity contribution in [2.45, 2.75) is 6.54 Å². The monoisotopic (exact) mass is 349 g/mol. The Hall–Kier alpha value is -1.18. The summed E-state index contributed by atoms with van der Waals surface area (Å²) in [6.45, 7) is 0.511. The van der Waals surface area contributed by atoms with Gasteiger partial charge in [-0.05, 0) is 28.7 Å². The maximum Gasteiger partial charge on any atom is 0.160 e. The fourth-order valence-electron chi connectivity index (χ4n) is 1.40. The molecule has 17 heavy (non-hydrogen) atoms. The zero-order chi connectivity index (χ0) is 12.4. The van der Waals surface area contributed by atoms with Gasteiger partial charge in [0.05, 0.1) is 24.3 Å². The van der Waals surface area contributed by atoms with E-state index in [-0.39, 0.29) is 0 Å². The number of halogens is 3. The highest BCUT2D eigenvalue weighted by molar-refractivity contribution is 14.1. The molecule has 1 heterocycles. The van der Waals surface area contributed by atoms with Crippen molar-refractivity contribution in [3.8, 4) is 0 Å². The third-order valence-electron chi connectivity index (χ3n) is 2.39. The van der Waals surface area contributed by atoms with E-state index in [9.17, 15) is 8.78 Å². The zero-order valence-electron chi connectivity index (χ0n) is 9.04. The minimum atomic E-state index is -0.849. The molecule has 1 aromatic carbocycles. The van der Waals surface area contributed by atoms with Crippen molar-refractivity contribution < 1.29 is 8.78 Å². The maximum atomic E-state index is 13.1. The summed E-state index contributed by atoms with van der Waals surface area (Å²) in [7, 11) is 1.88. The van der Waals surface area contributed by atoms with Gasteiger partial charge in [-0.15, -0.1) is 0 Å². The number of imidazole rings is 1. The van der Waals surface area contributed by atoms with E-state index in [0.29, 0.717) is 15.8 Å². The fourth-order valence-corrected chi connectivity index (χ4v) is 2.02. The Morgan fingerprint density at radius 3 is 2.71 bits per heavy atom. The number of aromatic nitrogens is 2. The van der Waals surface area contributed by atoms with Crippen LogP contribution in [-0.2, 0) is 13.6 Å². The molecule has 0 aliphatic heterocycles. The zero-order valence-corrected chi connectivity index (χ0v) is 11.2. The number of nitrogens with one attached hydrogen (secondary N) is 1. The molecule has 1 N–H and O–H groups in total. The Labute approximate surface area is 111 Å². The summed E-state index contributed by atoms with van der Waals surface area (Å²) in [5, 5.41) is 3.05. The van der Waals surface area contributed by atoms with Gasteiger partial charge in [-0.3, -0.25) is 0 Å². The molecule has 0 unspecified atom stereocenters. The average molecular weight is 349 g/mol. The Bertz CT molecular complexity index is 540. The van der Waals surface area contributed by atoms with Crippen LogP contribution < -0.4 is 5.32 Å². The van der Waals surface area contributed by atoms with Gasteiger partial charge in [0.15, 0.2) is 11.6 Å². The van der Waals surface area contributed by atoms with Gasteiger partial charge < -0.3 is 9.88 Å². The molecule has 90 valence electrons. The number of nitrogens with zero attached hydrogens (tertiary/aromatic N) is 2. The van der Waals surface area contributed by atoms with Crippen molar-refractivity contribution in [1.29, 1.82) is 0 Å². The van der Waals surface area contributed by atoms with Crippen LogP contribution in [0.5, 0.6) is 0 Å². The summed E-state index contributed by atoms with van der Waals surface area (Å²) < 4.78 is 28.5. The largest absolute Gasteiger partial charge is 0.378 e. The van der Waals surface area contributed by atoms with Gasteiger partial charge in [-0.1, -0.05) is 0 Å². The SMILES string of the molecule is Cn1cncc1CNc1cc(F)c(F)cc1I. The molecule has 0 spiro atoms. The molecule has 0 aliphatic carbocycles. The van der Waals surface area contributed by atoms with Crippen LogP contribution in [0.4, 0.5) is 14.5 Å². The van der Waals surface area contributed by atoms with E-state index in [1.54, 1.807) is 12.5 Å². The third-order valence-corrected chi connectivity index (χ3v) is 3.28. The first-order chi connectivity index (χ1) is 8.08. The molecule has 0 saturated carbocycles. The lowest BCUT2D eigenvalue weighted by Crippen LogP contribution is -2.05. The van der Waals surface area contributed by atoms with E-state index in [1.807, 2.05) is 34.2 Å². The number of hydrogen-bond acceptors (Lipinski definition) is 2. The first kappa shape index (κ1) is 12.3. The molecular formula is C11H10F2IN3. The maximum absolute atomic E-state index is 13.1. The molecule has 6 heteroatoms. The van der Waals surface area contributed by atoms with Crippen LogP contribution in [0.1, 0.15) is 5.69 Å². The lowest BCUT2D eigenvalue weighted by Gasteiger charge is -2.09. The van der Waals surface area contributed by atoms with E-state index in [2.05, 4.69) is 10.3 Å². The van der Waals surface area contributed by atoms with Crippen molar-refractivity contribution in [2.75, 3.05) is 5.32 Å². The van der Waals surface area contributed by atoms with E-state index in [1.165, 1.54) is 6.07 Å². The van der Waals surface area contributed by atoms with Gasteiger partial charge in [-0.25, -0.2) is 13.8 Å². The second-order valence-corrected chi connectivity index (χ2v) is 4.76. The van der Waals surface area contributed by atoms with Crippen molar-refractivity contribution in [3.05, 3.63) is 45.6 Å². The lowest BCUT2D eigenvalue weighted by molar-refractivity contribution is 0.508. The summed E-state index contributed by atoms with van der Waals surface area (Å²) in [5.41, 5.74) is 1.54. The molecule has 0 saturated heterocycles. The first-order valence-electron chi connectivity index (χ1n) is 4.91. The van der Waals surface area contributed by atoms with Crippen LogP contribution in [0.15, 0.2) is 24.7 Å². The van der Waals surface area contributed by atoms with Gasteiger partial charge in [0.25, 0.3) is 0 Å². The first-order valence-corrected chi connectivity index (χ1v) is 5.99. The number of anilines is 1. The van der Waals surface area contributed by atoms with Crippen LogP contribution in [-0.4, -0.2) is 9.55 Å². The summed E-state index contributed by atoms with van der Waals surface area (Å²) >= 11 is 1.96. The smallest absolute Gasteiger partial charge is 0.160 e. The van der Waals surface area contributed by atoms with Gasteiger partial charge in [0.1, 0.15) is 0 Å². The number of rotatable bonds is 3. The number of hydrogen-bond donors (Lipinski definition) is 1. The third kappa shape index (κ3) is 2.74. The van der Waals surface area contributed by atoms with Gasteiger partial charge in [-0.2, -0.15) is 0 Å². The summed E-state index contributed by atoms with van der Waals surface area (Å²) in [6.07, 6.45) is 3.41. The molecule has 3 nitrogen and oxygen atoms in total. The predicted molar refractivity (Wildman–Crippen MR) is 69.6 cm³/mol. The second kappa shape index (κ2) is 4.99. The van der Waals surface area contributed by atoms with Crippen LogP contribution in [0.2, 0.25) is 0 Å². The van der Waals surface area contributed by atoms with Crippen molar-refractivity contribution in [3.63, 3.8) is 0 Å². The fraction of sp³-hybridized carbons (Fsp3) is 0.182. The molecule has 0 atom stereocenters. The molecule has 2 aromatic rings. The van der Waals surface area contributed by atoms with Crippen LogP contribution in [0, 0.1) is 15.2 Å². The molecule has 2 rings (SSSR count). The van der Waals surface area contributed by atoms with Crippen LogP contribution >= 0.6 is 22.6 Å². The van der Waals surface area contributed by atoms with E-state index >= 15 is 0 Å². The normalized spacial score (nSPS) is 10.6. The van der Waals surface area contributed by atoms with Gasteiger partial charge in [0.2, 0.25) is 0 Å². The minimum Gasteiger partial charge on any atom is -0.378 e. The molecule has 0 aliphatic rings. The predicted octanol–water partition coefficient (Wildman–Crippen LogP) is 2.92. The van der Waals surface area contributed by atoms with Crippen molar-refractivity contribution in [2.24, 2.45) is 7.05 Å². The Morgan fingerprint density at radius 1 is 1.35 bits per heavy atom. The average Bonchev–Trinajstić information content (AvgIpc) is 2.68. The molecular weight excluding hydrogens is 339 g/mol. The second-order valence-electron chi connectivity index (χ2n) is 3.60. The van der Waals surface area contributed by atoms with E-state index in [4.69, 9.17) is 0 Å². The minimum absolute atomic E-state index is 0.511. The quantitative estimate of drug-likeness (QED) is 0.682. The van der Waals surface area contributed by atoms with Crippen LogP contribution in [0.3, 0.4) is 0 Å². The highest BCUT2D eigenvalue weighted by Crippen LogP contribution is 2.22. The van der Waals surface area contributed by atoms with Gasteiger partial charge >= 0.3 is 0 Å². The van der Waals surface area contributed by atoms with E-state index < -0.39 is 11.6 Å². The molecule has 0 amide bonds. The topological polar surface area (TPSA) is 29.9 Å². The highest BCUT2D eigenvalue weighted by Gasteiger charge is 2.08. The van der Waals surface area contributed by atoms with E-state index in [0.717, 1.165) is 11.8 Å². The van der Waals surface area contributed by atoms with Crippen LogP contribution in [0.25, 0.3) is 0 Å². The lowest BCUT2D eigenvalue weighted by atomic mass is 10.3. The van der Waals surface area contributed by atoms with Crippen molar-refractivity contribution >= 4 is 28.3 Å². The van der Waals surface area contributed by atoms with Crippen molar-refractivity contribution in [1.82, 2.24) is 9.55 Å². The number of benzene rings is 1. The van der Waals surface area contributed by atoms with Gasteiger partial charge in [0, 0.05) is 22.9 Å². The molecule has 0 fully saturated rings. The number of aryl methyl sites for hydroxylation is 1. The summed E-state index contributed by atoms with van der Waals surface area (Å²) in [4.78, 5) is 3.98. The highest BCUT2D eigenvalue weighted by atomic mass is 127. The summed E-state index contributed by atoms with van der Waals surface area (Å²) in [5.74, 6) is -1.68. The molecule has 1 aromatic heterocycles.